The molecule has 4 nitrogen and oxygen atoms in total. The first-order valence-electron chi connectivity index (χ1n) is 15.1. The topological polar surface area (TPSA) is 56.5 Å². The molecule has 0 N–H and O–H groups in total. The van der Waals surface area contributed by atoms with Crippen molar-refractivity contribution in [3.8, 4) is 5.75 Å². The number of Topliss-reactive ketones (excluding diaryl/α,β-unsaturated/α-hetero) is 1. The first-order chi connectivity index (χ1) is 19.6. The van der Waals surface area contributed by atoms with E-state index in [0.29, 0.717) is 35.8 Å². The number of methoxy groups -OCH3 is 1. The van der Waals surface area contributed by atoms with Gasteiger partial charge in [-0.15, -0.1) is 0 Å². The Morgan fingerprint density at radius 3 is 2.17 bits per heavy atom. The molecule has 3 rings (SSSR count). The van der Waals surface area contributed by atoms with E-state index in [1.807, 2.05) is 36.4 Å². The fraction of sp³-hybridized carbons (Fsp3) is 0.444. The van der Waals surface area contributed by atoms with Gasteiger partial charge in [0, 0.05) is 24.8 Å². The Morgan fingerprint density at radius 2 is 1.48 bits per heavy atom. The van der Waals surface area contributed by atoms with Crippen LogP contribution in [0.25, 0.3) is 11.0 Å². The molecule has 3 aromatic rings. The number of fused-ring (bicyclic) bond motifs is 1. The molecule has 0 fully saturated rings. The first kappa shape index (κ1) is 31.1. The number of unbranched alkanes of at least 4 members (excludes halogenated alkanes) is 9. The molecule has 4 heteroatoms. The molecule has 1 heterocycles. The van der Waals surface area contributed by atoms with Crippen LogP contribution in [-0.2, 0) is 17.6 Å². The second kappa shape index (κ2) is 18.0. The van der Waals surface area contributed by atoms with Gasteiger partial charge in [0.1, 0.15) is 17.1 Å². The van der Waals surface area contributed by atoms with Crippen molar-refractivity contribution in [2.24, 2.45) is 0 Å². The summed E-state index contributed by atoms with van der Waals surface area (Å²) in [5.41, 5.74) is 3.03. The van der Waals surface area contributed by atoms with Gasteiger partial charge < -0.3 is 9.15 Å². The summed E-state index contributed by atoms with van der Waals surface area (Å²) in [6.45, 7) is 2.24. The van der Waals surface area contributed by atoms with Gasteiger partial charge in [0.25, 0.3) is 0 Å². The minimum absolute atomic E-state index is 0.0272. The average molecular weight is 543 g/mol. The van der Waals surface area contributed by atoms with E-state index in [-0.39, 0.29) is 11.2 Å². The lowest BCUT2D eigenvalue weighted by molar-refractivity contribution is -0.118. The van der Waals surface area contributed by atoms with Crippen molar-refractivity contribution in [2.75, 3.05) is 7.11 Å². The molecule has 0 spiro atoms. The van der Waals surface area contributed by atoms with E-state index in [2.05, 4.69) is 31.2 Å². The zero-order chi connectivity index (χ0) is 28.4. The van der Waals surface area contributed by atoms with E-state index in [1.165, 1.54) is 51.4 Å². The molecular weight excluding hydrogens is 496 g/mol. The Kier molecular flexibility index (Phi) is 14.0. The maximum absolute atomic E-state index is 13.0. The number of hydrogen-bond acceptors (Lipinski definition) is 4. The molecule has 0 aliphatic rings. The van der Waals surface area contributed by atoms with Crippen LogP contribution in [0.15, 0.2) is 82.2 Å². The van der Waals surface area contributed by atoms with Gasteiger partial charge in [0.15, 0.2) is 5.43 Å². The van der Waals surface area contributed by atoms with Crippen LogP contribution in [-0.4, -0.2) is 12.9 Å². The third-order valence-electron chi connectivity index (χ3n) is 7.30. The molecule has 0 aliphatic heterocycles. The molecule has 1 aromatic heterocycles. The predicted octanol–water partition coefficient (Wildman–Crippen LogP) is 9.32. The molecule has 0 aliphatic carbocycles. The highest BCUT2D eigenvalue weighted by Crippen LogP contribution is 2.19. The summed E-state index contributed by atoms with van der Waals surface area (Å²) in [4.78, 5) is 25.5. The summed E-state index contributed by atoms with van der Waals surface area (Å²) in [5.74, 6) is 1.03. The van der Waals surface area contributed by atoms with E-state index < -0.39 is 0 Å². The van der Waals surface area contributed by atoms with Crippen molar-refractivity contribution in [1.82, 2.24) is 0 Å². The fourth-order valence-corrected chi connectivity index (χ4v) is 4.88. The van der Waals surface area contributed by atoms with Crippen LogP contribution in [0.4, 0.5) is 0 Å². The van der Waals surface area contributed by atoms with Gasteiger partial charge in [0.05, 0.1) is 18.8 Å². The van der Waals surface area contributed by atoms with Crippen LogP contribution in [0.2, 0.25) is 0 Å². The van der Waals surface area contributed by atoms with Crippen molar-refractivity contribution >= 4 is 16.8 Å². The number of ether oxygens (including phenoxy) is 1. The van der Waals surface area contributed by atoms with Gasteiger partial charge in [-0.1, -0.05) is 88.0 Å². The van der Waals surface area contributed by atoms with Gasteiger partial charge in [0.2, 0.25) is 0 Å². The molecule has 0 atom stereocenters. The number of ketones is 1. The number of hydrogen-bond donors (Lipinski definition) is 0. The predicted molar refractivity (Wildman–Crippen MR) is 166 cm³/mol. The largest absolute Gasteiger partial charge is 0.497 e. The number of rotatable bonds is 19. The van der Waals surface area contributed by atoms with E-state index in [0.717, 1.165) is 36.1 Å². The molecule has 0 bridgehead atoms. The van der Waals surface area contributed by atoms with Gasteiger partial charge in [-0.25, -0.2) is 0 Å². The van der Waals surface area contributed by atoms with Crippen LogP contribution in [0.3, 0.4) is 0 Å². The van der Waals surface area contributed by atoms with Crippen molar-refractivity contribution in [3.05, 3.63) is 99.9 Å². The first-order valence-corrected chi connectivity index (χ1v) is 15.1. The smallest absolute Gasteiger partial charge is 0.196 e. The monoisotopic (exact) mass is 542 g/mol. The second-order valence-electron chi connectivity index (χ2n) is 10.7. The van der Waals surface area contributed by atoms with E-state index >= 15 is 0 Å². The standard InChI is InChI=1S/C36H46O4/c1-3-4-5-6-7-8-9-10-11-12-13-14-15-16-17-18-32(37)26-30-21-24-34-35(27-30)40-28-31(36(34)38)25-29-19-22-33(39-2)23-20-29/h7-10,19-24,27-28H,3-6,11-18,25-26H2,1-2H3/b8-7+,10-9+. The Hall–Kier alpha value is -3.40. The maximum atomic E-state index is 13.0. The van der Waals surface area contributed by atoms with E-state index in [1.54, 1.807) is 19.4 Å². The number of carbonyl (C=O) groups excluding carboxylic acids is 1. The minimum Gasteiger partial charge on any atom is -0.497 e. The average Bonchev–Trinajstić information content (AvgIpc) is 2.97. The minimum atomic E-state index is -0.0272. The van der Waals surface area contributed by atoms with Gasteiger partial charge in [-0.05, 0) is 67.5 Å². The lowest BCUT2D eigenvalue weighted by atomic mass is 10.0. The quantitative estimate of drug-likeness (QED) is 0.112. The van der Waals surface area contributed by atoms with Crippen molar-refractivity contribution in [2.45, 2.75) is 96.8 Å². The molecular formula is C36H46O4. The lowest BCUT2D eigenvalue weighted by Crippen LogP contribution is -2.10. The molecule has 0 saturated heterocycles. The van der Waals surface area contributed by atoms with Gasteiger partial charge >= 0.3 is 0 Å². The zero-order valence-electron chi connectivity index (χ0n) is 24.5. The summed E-state index contributed by atoms with van der Waals surface area (Å²) in [7, 11) is 1.63. The van der Waals surface area contributed by atoms with Crippen LogP contribution >= 0.6 is 0 Å². The highest BCUT2D eigenvalue weighted by atomic mass is 16.5. The Bertz CT molecular complexity index is 1280. The zero-order valence-corrected chi connectivity index (χ0v) is 24.5. The van der Waals surface area contributed by atoms with Crippen LogP contribution < -0.4 is 10.2 Å². The Morgan fingerprint density at radius 1 is 0.825 bits per heavy atom. The van der Waals surface area contributed by atoms with Crippen molar-refractivity contribution < 1.29 is 13.9 Å². The summed E-state index contributed by atoms with van der Waals surface area (Å²) in [6, 6.07) is 13.2. The molecule has 0 amide bonds. The van der Waals surface area contributed by atoms with Gasteiger partial charge in [-0.2, -0.15) is 0 Å². The lowest BCUT2D eigenvalue weighted by Gasteiger charge is -2.06. The molecule has 0 unspecified atom stereocenters. The van der Waals surface area contributed by atoms with Crippen molar-refractivity contribution in [1.29, 1.82) is 0 Å². The fourth-order valence-electron chi connectivity index (χ4n) is 4.88. The normalized spacial score (nSPS) is 11.7. The third-order valence-corrected chi connectivity index (χ3v) is 7.30. The molecule has 2 aromatic carbocycles. The SMILES string of the molecule is CCCCC/C=C/C=C/CCCCCCCCC(=O)Cc1ccc2c(=O)c(Cc3ccc(OC)cc3)coc2c1. The molecule has 40 heavy (non-hydrogen) atoms. The summed E-state index contributed by atoms with van der Waals surface area (Å²) >= 11 is 0. The molecule has 214 valence electrons. The highest BCUT2D eigenvalue weighted by Gasteiger charge is 2.11. The number of carbonyl (C=O) groups is 1. The second-order valence-corrected chi connectivity index (χ2v) is 10.7. The summed E-state index contributed by atoms with van der Waals surface area (Å²) in [5, 5.41) is 0.552. The summed E-state index contributed by atoms with van der Waals surface area (Å²) in [6.07, 6.45) is 25.1. The van der Waals surface area contributed by atoms with Gasteiger partial charge in [-0.3, -0.25) is 9.59 Å². The Balaban J connectivity index is 1.32. The number of allylic oxidation sites excluding steroid dienone is 4. The van der Waals surface area contributed by atoms with Crippen LogP contribution in [0.1, 0.15) is 101 Å². The summed E-state index contributed by atoms with van der Waals surface area (Å²) < 4.78 is 11.0. The van der Waals surface area contributed by atoms with Crippen LogP contribution in [0.5, 0.6) is 5.75 Å². The maximum Gasteiger partial charge on any atom is 0.196 e. The highest BCUT2D eigenvalue weighted by molar-refractivity contribution is 5.83. The Labute approximate surface area is 240 Å². The van der Waals surface area contributed by atoms with Crippen LogP contribution in [0, 0.1) is 0 Å². The van der Waals surface area contributed by atoms with Crippen molar-refractivity contribution in [3.63, 3.8) is 0 Å². The molecule has 0 radical (unpaired) electrons. The van der Waals surface area contributed by atoms with E-state index in [9.17, 15) is 9.59 Å². The third kappa shape index (κ3) is 11.0. The molecule has 0 saturated carbocycles. The van der Waals surface area contributed by atoms with E-state index in [4.69, 9.17) is 9.15 Å². The number of benzene rings is 2.